The van der Waals surface area contributed by atoms with E-state index in [9.17, 15) is 14.9 Å². The first-order chi connectivity index (χ1) is 10.9. The monoisotopic (exact) mass is 321 g/mol. The molecule has 0 saturated carbocycles. The van der Waals surface area contributed by atoms with E-state index in [1.807, 2.05) is 19.9 Å². The molecule has 0 bridgehead atoms. The molecule has 0 spiro atoms. The summed E-state index contributed by atoms with van der Waals surface area (Å²) < 4.78 is 5.32. The van der Waals surface area contributed by atoms with Crippen LogP contribution in [0.25, 0.3) is 0 Å². The van der Waals surface area contributed by atoms with Crippen LogP contribution < -0.4 is 5.32 Å². The number of hydrogen-bond acceptors (Lipinski definition) is 5. The highest BCUT2D eigenvalue weighted by atomic mass is 16.6. The Balaban J connectivity index is 1.86. The predicted octanol–water partition coefficient (Wildman–Crippen LogP) is 1.36. The van der Waals surface area contributed by atoms with Gasteiger partial charge >= 0.3 is 0 Å². The van der Waals surface area contributed by atoms with Crippen LogP contribution in [-0.2, 0) is 16.0 Å². The normalized spacial score (nSPS) is 16.1. The van der Waals surface area contributed by atoms with Gasteiger partial charge in [-0.05, 0) is 25.8 Å². The highest BCUT2D eigenvalue weighted by Crippen LogP contribution is 2.17. The Labute approximate surface area is 135 Å². The maximum atomic E-state index is 12.4. The van der Waals surface area contributed by atoms with E-state index in [0.717, 1.165) is 18.7 Å². The second-order valence-corrected chi connectivity index (χ2v) is 6.09. The number of ether oxygens (including phenoxy) is 1. The number of nitro benzene ring substituents is 1. The lowest BCUT2D eigenvalue weighted by Crippen LogP contribution is -2.58. The van der Waals surface area contributed by atoms with E-state index >= 15 is 0 Å². The van der Waals surface area contributed by atoms with Crippen molar-refractivity contribution < 1.29 is 14.5 Å². The average Bonchev–Trinajstić information content (AvgIpc) is 2.55. The van der Waals surface area contributed by atoms with Crippen molar-refractivity contribution in [1.29, 1.82) is 0 Å². The van der Waals surface area contributed by atoms with Gasteiger partial charge in [-0.25, -0.2) is 0 Å². The molecule has 2 rings (SSSR count). The third-order valence-electron chi connectivity index (χ3n) is 4.18. The smallest absolute Gasteiger partial charge is 0.269 e. The number of non-ortho nitro benzene ring substituents is 1. The van der Waals surface area contributed by atoms with Crippen LogP contribution in [0, 0.1) is 10.1 Å². The Morgan fingerprint density at radius 1 is 1.39 bits per heavy atom. The summed E-state index contributed by atoms with van der Waals surface area (Å²) in [6, 6.07) is 6.49. The first-order valence-electron chi connectivity index (χ1n) is 7.75. The van der Waals surface area contributed by atoms with Crippen LogP contribution in [0.5, 0.6) is 0 Å². The number of carbonyl (C=O) groups excluding carboxylic acids is 1. The zero-order valence-electron chi connectivity index (χ0n) is 13.6. The summed E-state index contributed by atoms with van der Waals surface area (Å²) in [7, 11) is 0. The minimum atomic E-state index is -0.591. The van der Waals surface area contributed by atoms with Gasteiger partial charge in [-0.15, -0.1) is 0 Å². The number of nitrogens with one attached hydrogen (secondary N) is 1. The van der Waals surface area contributed by atoms with Crippen molar-refractivity contribution in [3.05, 3.63) is 39.9 Å². The number of carbonyl (C=O) groups is 1. The number of amides is 1. The molecule has 7 nitrogen and oxygen atoms in total. The third kappa shape index (κ3) is 4.49. The molecule has 0 unspecified atom stereocenters. The van der Waals surface area contributed by atoms with Crippen LogP contribution in [0.15, 0.2) is 24.3 Å². The van der Waals surface area contributed by atoms with Crippen LogP contribution in [0.4, 0.5) is 5.69 Å². The second kappa shape index (κ2) is 7.52. The Morgan fingerprint density at radius 2 is 2.09 bits per heavy atom. The summed E-state index contributed by atoms with van der Waals surface area (Å²) in [5.41, 5.74) is 0.318. The van der Waals surface area contributed by atoms with Crippen molar-refractivity contribution in [2.75, 3.05) is 32.8 Å². The van der Waals surface area contributed by atoms with Crippen molar-refractivity contribution in [2.24, 2.45) is 0 Å². The first-order valence-corrected chi connectivity index (χ1v) is 7.75. The van der Waals surface area contributed by atoms with Crippen LogP contribution in [0.2, 0.25) is 0 Å². The molecule has 1 saturated heterocycles. The molecule has 126 valence electrons. The third-order valence-corrected chi connectivity index (χ3v) is 4.18. The molecule has 1 aliphatic heterocycles. The van der Waals surface area contributed by atoms with Crippen molar-refractivity contribution in [3.63, 3.8) is 0 Å². The van der Waals surface area contributed by atoms with Gasteiger partial charge in [0.2, 0.25) is 5.91 Å². The molecule has 7 heteroatoms. The van der Waals surface area contributed by atoms with E-state index in [0.29, 0.717) is 26.2 Å². The first kappa shape index (κ1) is 17.4. The average molecular weight is 321 g/mol. The molecule has 1 fully saturated rings. The van der Waals surface area contributed by atoms with Crippen molar-refractivity contribution in [3.8, 4) is 0 Å². The molecule has 0 aromatic heterocycles. The van der Waals surface area contributed by atoms with Crippen molar-refractivity contribution in [1.82, 2.24) is 10.2 Å². The topological polar surface area (TPSA) is 84.7 Å². The largest absolute Gasteiger partial charge is 0.379 e. The van der Waals surface area contributed by atoms with E-state index in [4.69, 9.17) is 4.74 Å². The lowest BCUT2D eigenvalue weighted by Gasteiger charge is -2.39. The summed E-state index contributed by atoms with van der Waals surface area (Å²) in [4.78, 5) is 24.9. The Bertz CT molecular complexity index is 568. The number of nitro groups is 1. The highest BCUT2D eigenvalue weighted by Gasteiger charge is 2.35. The second-order valence-electron chi connectivity index (χ2n) is 6.09. The minimum absolute atomic E-state index is 0.0372. The summed E-state index contributed by atoms with van der Waals surface area (Å²) in [5, 5.41) is 13.7. The molecule has 1 heterocycles. The molecule has 23 heavy (non-hydrogen) atoms. The molecule has 1 aromatic rings. The van der Waals surface area contributed by atoms with E-state index in [1.165, 1.54) is 6.07 Å². The van der Waals surface area contributed by atoms with Gasteiger partial charge in [0.25, 0.3) is 5.69 Å². The molecule has 0 atom stereocenters. The predicted molar refractivity (Wildman–Crippen MR) is 86.3 cm³/mol. The van der Waals surface area contributed by atoms with E-state index in [2.05, 4.69) is 10.2 Å². The van der Waals surface area contributed by atoms with E-state index in [1.54, 1.807) is 12.1 Å². The molecular weight excluding hydrogens is 298 g/mol. The number of nitrogens with zero attached hydrogens (tertiary/aromatic N) is 2. The lowest BCUT2D eigenvalue weighted by atomic mass is 10.0. The van der Waals surface area contributed by atoms with Gasteiger partial charge in [0, 0.05) is 31.8 Å². The molecule has 1 aliphatic rings. The van der Waals surface area contributed by atoms with Gasteiger partial charge in [0.05, 0.1) is 23.7 Å². The fourth-order valence-electron chi connectivity index (χ4n) is 2.63. The summed E-state index contributed by atoms with van der Waals surface area (Å²) >= 11 is 0. The highest BCUT2D eigenvalue weighted by molar-refractivity contribution is 5.85. The molecule has 1 aromatic carbocycles. The van der Waals surface area contributed by atoms with Gasteiger partial charge in [-0.1, -0.05) is 12.1 Å². The summed E-state index contributed by atoms with van der Waals surface area (Å²) in [5.74, 6) is -0.0372. The van der Waals surface area contributed by atoms with Gasteiger partial charge in [-0.3, -0.25) is 19.8 Å². The maximum absolute atomic E-state index is 12.4. The van der Waals surface area contributed by atoms with Gasteiger partial charge in [0.15, 0.2) is 0 Å². The van der Waals surface area contributed by atoms with Gasteiger partial charge in [-0.2, -0.15) is 0 Å². The molecular formula is C16H23N3O4. The zero-order chi connectivity index (χ0) is 16.9. The zero-order valence-corrected chi connectivity index (χ0v) is 13.6. The van der Waals surface area contributed by atoms with Crippen molar-refractivity contribution >= 4 is 11.6 Å². The Hall–Kier alpha value is -1.99. The number of morpholine rings is 1. The van der Waals surface area contributed by atoms with Crippen LogP contribution >= 0.6 is 0 Å². The number of hydrogen-bond donors (Lipinski definition) is 1. The summed E-state index contributed by atoms with van der Waals surface area (Å²) in [6.07, 6.45) is 0.562. The number of rotatable bonds is 6. The SMILES string of the molecule is CC(C)(C(=O)NCCc1cccc([N+](=O)[O-])c1)N1CCOCC1. The minimum Gasteiger partial charge on any atom is -0.379 e. The molecule has 0 radical (unpaired) electrons. The summed E-state index contributed by atoms with van der Waals surface area (Å²) in [6.45, 7) is 7.03. The van der Waals surface area contributed by atoms with E-state index in [-0.39, 0.29) is 11.6 Å². The van der Waals surface area contributed by atoms with Crippen molar-refractivity contribution in [2.45, 2.75) is 25.8 Å². The maximum Gasteiger partial charge on any atom is 0.269 e. The van der Waals surface area contributed by atoms with Gasteiger partial charge < -0.3 is 10.1 Å². The fraction of sp³-hybridized carbons (Fsp3) is 0.562. The number of benzene rings is 1. The van der Waals surface area contributed by atoms with Gasteiger partial charge in [0.1, 0.15) is 0 Å². The standard InChI is InChI=1S/C16H23N3O4/c1-16(2,18-8-10-23-11-9-18)15(20)17-7-6-13-4-3-5-14(12-13)19(21)22/h3-5,12H,6-11H2,1-2H3,(H,17,20). The Kier molecular flexibility index (Phi) is 5.68. The van der Waals surface area contributed by atoms with Crippen LogP contribution in [-0.4, -0.2) is 54.1 Å². The van der Waals surface area contributed by atoms with Crippen LogP contribution in [0.1, 0.15) is 19.4 Å². The molecule has 1 N–H and O–H groups in total. The fourth-order valence-corrected chi connectivity index (χ4v) is 2.63. The lowest BCUT2D eigenvalue weighted by molar-refractivity contribution is -0.384. The molecule has 0 aliphatic carbocycles. The quantitative estimate of drug-likeness (QED) is 0.632. The van der Waals surface area contributed by atoms with Crippen LogP contribution in [0.3, 0.4) is 0 Å². The molecule has 1 amide bonds. The van der Waals surface area contributed by atoms with E-state index < -0.39 is 10.5 Å². The Morgan fingerprint density at radius 3 is 2.74 bits per heavy atom.